The molecular weight excluding hydrogens is 196 g/mol. The zero-order chi connectivity index (χ0) is 9.52. The quantitative estimate of drug-likeness (QED) is 0.642. The number of rotatable bonds is 2. The Morgan fingerprint density at radius 1 is 1.08 bits per heavy atom. The zero-order valence-corrected chi connectivity index (χ0v) is 12.6. The third kappa shape index (κ3) is 1.60. The molecule has 0 saturated carbocycles. The SMILES string of the molecule is CCN1[SiH](C)N([Si](C)(C)C)[SiH]1C. The smallest absolute Gasteiger partial charge is 0.168 e. The van der Waals surface area contributed by atoms with Gasteiger partial charge in [0.05, 0.1) is 0 Å². The van der Waals surface area contributed by atoms with Crippen molar-refractivity contribution < 1.29 is 0 Å². The summed E-state index contributed by atoms with van der Waals surface area (Å²) in [6, 6.07) is 0. The first kappa shape index (κ1) is 10.7. The maximum Gasteiger partial charge on any atom is 0.168 e. The van der Waals surface area contributed by atoms with E-state index in [1.54, 1.807) is 0 Å². The van der Waals surface area contributed by atoms with Crippen LogP contribution in [0.2, 0.25) is 32.7 Å². The number of hydrogen-bond donors (Lipinski definition) is 0. The lowest BCUT2D eigenvalue weighted by atomic mass is 10.8. The molecule has 0 bridgehead atoms. The highest BCUT2D eigenvalue weighted by atomic mass is 28.5. The third-order valence-corrected chi connectivity index (χ3v) is 20.8. The molecule has 12 heavy (non-hydrogen) atoms. The second-order valence-electron chi connectivity index (χ2n) is 4.67. The van der Waals surface area contributed by atoms with Crippen LogP contribution >= 0.6 is 0 Å². The van der Waals surface area contributed by atoms with Crippen LogP contribution in [0.4, 0.5) is 0 Å². The van der Waals surface area contributed by atoms with Crippen LogP contribution in [-0.4, -0.2) is 41.1 Å². The van der Waals surface area contributed by atoms with Gasteiger partial charge in [-0.25, -0.2) is 0 Å². The lowest BCUT2D eigenvalue weighted by Gasteiger charge is -2.59. The van der Waals surface area contributed by atoms with Gasteiger partial charge in [-0.1, -0.05) is 26.6 Å². The van der Waals surface area contributed by atoms with Gasteiger partial charge in [0.15, 0.2) is 18.2 Å². The van der Waals surface area contributed by atoms with Crippen molar-refractivity contribution in [1.29, 1.82) is 0 Å². The van der Waals surface area contributed by atoms with Gasteiger partial charge in [0, 0.05) is 0 Å². The summed E-state index contributed by atoms with van der Waals surface area (Å²) in [5.74, 6) is 0. The molecule has 0 spiro atoms. The monoisotopic (exact) mass is 218 g/mol. The lowest BCUT2D eigenvalue weighted by molar-refractivity contribution is 0.543. The molecule has 2 nitrogen and oxygen atoms in total. The summed E-state index contributed by atoms with van der Waals surface area (Å²) in [4.78, 5) is 0. The Balaban J connectivity index is 2.62. The van der Waals surface area contributed by atoms with E-state index in [-0.39, 0.29) is 0 Å². The summed E-state index contributed by atoms with van der Waals surface area (Å²) < 4.78 is 5.79. The van der Waals surface area contributed by atoms with Crippen LogP contribution in [0.5, 0.6) is 0 Å². The van der Waals surface area contributed by atoms with E-state index in [0.717, 1.165) is 0 Å². The Morgan fingerprint density at radius 2 is 1.50 bits per heavy atom. The number of hydrogen-bond acceptors (Lipinski definition) is 2. The van der Waals surface area contributed by atoms with Gasteiger partial charge in [-0.2, -0.15) is 0 Å². The molecule has 1 rings (SSSR count). The molecule has 0 radical (unpaired) electrons. The summed E-state index contributed by atoms with van der Waals surface area (Å²) in [6.07, 6.45) is 0. The Kier molecular flexibility index (Phi) is 3.00. The molecule has 1 heterocycles. The van der Waals surface area contributed by atoms with Crippen LogP contribution in [-0.2, 0) is 0 Å². The van der Waals surface area contributed by atoms with Gasteiger partial charge in [0.1, 0.15) is 8.24 Å². The molecule has 0 aromatic carbocycles. The van der Waals surface area contributed by atoms with E-state index in [4.69, 9.17) is 0 Å². The Morgan fingerprint density at radius 3 is 1.75 bits per heavy atom. The molecule has 5 heteroatoms. The van der Waals surface area contributed by atoms with E-state index in [0.29, 0.717) is 0 Å². The van der Waals surface area contributed by atoms with Crippen molar-refractivity contribution in [3.63, 3.8) is 0 Å². The second-order valence-corrected chi connectivity index (χ2v) is 16.7. The van der Waals surface area contributed by atoms with Crippen molar-refractivity contribution in [3.05, 3.63) is 0 Å². The average Bonchev–Trinajstić information content (AvgIpc) is 1.85. The summed E-state index contributed by atoms with van der Waals surface area (Å²) in [7, 11) is -2.13. The predicted molar refractivity (Wildman–Crippen MR) is 63.6 cm³/mol. The van der Waals surface area contributed by atoms with Gasteiger partial charge in [0.2, 0.25) is 0 Å². The molecule has 0 N–H and O–H groups in total. The maximum atomic E-state index is 2.97. The van der Waals surface area contributed by atoms with E-state index >= 15 is 0 Å². The van der Waals surface area contributed by atoms with Crippen molar-refractivity contribution in [1.82, 2.24) is 8.13 Å². The minimum absolute atomic E-state index is 0.592. The predicted octanol–water partition coefficient (Wildman–Crippen LogP) is 1.16. The Hall–Kier alpha value is 0.571. The highest BCUT2D eigenvalue weighted by molar-refractivity contribution is 7.00. The first-order chi connectivity index (χ1) is 5.39. The van der Waals surface area contributed by atoms with Gasteiger partial charge >= 0.3 is 0 Å². The average molecular weight is 219 g/mol. The van der Waals surface area contributed by atoms with Gasteiger partial charge in [-0.15, -0.1) is 0 Å². The van der Waals surface area contributed by atoms with Crippen LogP contribution in [0.3, 0.4) is 0 Å². The molecule has 0 aromatic rings. The van der Waals surface area contributed by atoms with E-state index in [2.05, 4.69) is 47.8 Å². The highest BCUT2D eigenvalue weighted by Gasteiger charge is 2.47. The van der Waals surface area contributed by atoms with E-state index in [1.165, 1.54) is 6.54 Å². The molecule has 0 amide bonds. The highest BCUT2D eigenvalue weighted by Crippen LogP contribution is 2.26. The van der Waals surface area contributed by atoms with E-state index in [1.807, 2.05) is 0 Å². The molecule has 72 valence electrons. The normalized spacial score (nSPS) is 33.5. The Labute approximate surface area is 81.2 Å². The van der Waals surface area contributed by atoms with Crippen LogP contribution in [0.1, 0.15) is 6.92 Å². The van der Waals surface area contributed by atoms with E-state index in [9.17, 15) is 0 Å². The largest absolute Gasteiger partial charge is 0.350 e. The van der Waals surface area contributed by atoms with Gasteiger partial charge in [-0.3, -0.25) is 0 Å². The molecule has 1 saturated heterocycles. The van der Waals surface area contributed by atoms with Gasteiger partial charge in [-0.05, 0) is 19.6 Å². The fourth-order valence-corrected chi connectivity index (χ4v) is 20.7. The zero-order valence-electron chi connectivity index (χ0n) is 9.26. The third-order valence-electron chi connectivity index (χ3n) is 2.90. The summed E-state index contributed by atoms with van der Waals surface area (Å²) in [5.41, 5.74) is 0. The minimum atomic E-state index is -0.943. The van der Waals surface area contributed by atoms with Gasteiger partial charge in [0.25, 0.3) is 0 Å². The lowest BCUT2D eigenvalue weighted by Crippen LogP contribution is -2.81. The van der Waals surface area contributed by atoms with Crippen molar-refractivity contribution in [2.24, 2.45) is 0 Å². The molecule has 0 aliphatic carbocycles. The molecular formula is C7H22N2Si3. The standard InChI is InChI=1S/C7H22N2Si3/c1-7-8-10(2)9(11(8)3)12(4,5)6/h10-11H,7H2,1-6H3. The van der Waals surface area contributed by atoms with Crippen LogP contribution in [0.15, 0.2) is 0 Å². The first-order valence-electron chi connectivity index (χ1n) is 4.93. The van der Waals surface area contributed by atoms with Crippen molar-refractivity contribution in [3.8, 4) is 0 Å². The molecule has 1 fully saturated rings. The maximum absolute atomic E-state index is 2.97. The molecule has 0 aromatic heterocycles. The Bertz CT molecular complexity index is 159. The van der Waals surface area contributed by atoms with Crippen molar-refractivity contribution in [2.45, 2.75) is 39.7 Å². The van der Waals surface area contributed by atoms with E-state index < -0.39 is 26.5 Å². The molecule has 1 aliphatic rings. The number of nitrogens with zero attached hydrogens (tertiary/aromatic N) is 2. The summed E-state index contributed by atoms with van der Waals surface area (Å²) >= 11 is 0. The fourth-order valence-electron chi connectivity index (χ4n) is 2.52. The molecule has 2 unspecified atom stereocenters. The van der Waals surface area contributed by atoms with Crippen LogP contribution in [0, 0.1) is 0 Å². The fraction of sp³-hybridized carbons (Fsp3) is 1.00. The second kappa shape index (κ2) is 3.38. The van der Waals surface area contributed by atoms with Crippen LogP contribution in [0.25, 0.3) is 0 Å². The summed E-state index contributed by atoms with van der Waals surface area (Å²) in [6.45, 7) is 16.1. The summed E-state index contributed by atoms with van der Waals surface area (Å²) in [5, 5.41) is 0. The van der Waals surface area contributed by atoms with Crippen molar-refractivity contribution in [2.75, 3.05) is 6.54 Å². The minimum Gasteiger partial charge on any atom is -0.350 e. The molecule has 1 aliphatic heterocycles. The first-order valence-corrected chi connectivity index (χ1v) is 12.8. The van der Waals surface area contributed by atoms with Gasteiger partial charge < -0.3 is 8.13 Å². The topological polar surface area (TPSA) is 6.48 Å². The van der Waals surface area contributed by atoms with Crippen LogP contribution < -0.4 is 0 Å². The molecule has 2 atom stereocenters. The van der Waals surface area contributed by atoms with Crippen molar-refractivity contribution >= 4 is 26.5 Å².